The first-order chi connectivity index (χ1) is 13.7. The summed E-state index contributed by atoms with van der Waals surface area (Å²) in [7, 11) is 0. The normalized spacial score (nSPS) is 25.9. The van der Waals surface area contributed by atoms with Crippen molar-refractivity contribution in [2.45, 2.75) is 31.3 Å². The highest BCUT2D eigenvalue weighted by molar-refractivity contribution is 7.80. The molecule has 0 aromatic heterocycles. The summed E-state index contributed by atoms with van der Waals surface area (Å²) in [6.07, 6.45) is -1.37. The fourth-order valence-electron chi connectivity index (χ4n) is 3.67. The summed E-state index contributed by atoms with van der Waals surface area (Å²) in [5.74, 6) is 0. The maximum Gasteiger partial charge on any atom is 0.407 e. The number of hydrogen-bond acceptors (Lipinski definition) is 5. The molecule has 2 saturated heterocycles. The van der Waals surface area contributed by atoms with Gasteiger partial charge in [0.2, 0.25) is 0 Å². The van der Waals surface area contributed by atoms with Gasteiger partial charge in [0.1, 0.15) is 12.2 Å². The van der Waals surface area contributed by atoms with E-state index in [1.54, 1.807) is 0 Å². The molecular weight excluding hydrogens is 378 g/mol. The number of thiocarbonyl (C=S) groups is 1. The van der Waals surface area contributed by atoms with Crippen molar-refractivity contribution in [2.24, 2.45) is 0 Å². The van der Waals surface area contributed by atoms with Crippen LogP contribution in [0, 0.1) is 0 Å². The van der Waals surface area contributed by atoms with Crippen LogP contribution in [0.3, 0.4) is 0 Å². The third-order valence-corrected chi connectivity index (χ3v) is 5.16. The molecule has 0 unspecified atom stereocenters. The molecule has 0 aliphatic carbocycles. The maximum absolute atomic E-state index is 11.7. The Balaban J connectivity index is 1.36. The van der Waals surface area contributed by atoms with Crippen LogP contribution in [-0.4, -0.2) is 55.3 Å². The summed E-state index contributed by atoms with van der Waals surface area (Å²) in [6, 6.07) is 14.1. The largest absolute Gasteiger partial charge is 0.441 e. The SMILES string of the molecule is CCNC(=O)O[C@H]1CO[C@@H]2[C@@H]1OC[C@@H]2NC(=S)Nc1cccc2ccccc12. The Morgan fingerprint density at radius 3 is 2.79 bits per heavy atom. The zero-order valence-electron chi connectivity index (χ0n) is 15.5. The fraction of sp³-hybridized carbons (Fsp3) is 0.400. The van der Waals surface area contributed by atoms with Gasteiger partial charge in [-0.3, -0.25) is 0 Å². The summed E-state index contributed by atoms with van der Waals surface area (Å²) in [4.78, 5) is 11.7. The van der Waals surface area contributed by atoms with E-state index in [1.165, 1.54) is 0 Å². The van der Waals surface area contributed by atoms with Crippen molar-refractivity contribution in [3.05, 3.63) is 42.5 Å². The van der Waals surface area contributed by atoms with E-state index in [-0.39, 0.29) is 18.2 Å². The van der Waals surface area contributed by atoms with Crippen molar-refractivity contribution in [1.82, 2.24) is 10.6 Å². The van der Waals surface area contributed by atoms with Gasteiger partial charge in [0.25, 0.3) is 0 Å². The molecule has 0 spiro atoms. The maximum atomic E-state index is 11.7. The van der Waals surface area contributed by atoms with E-state index >= 15 is 0 Å². The van der Waals surface area contributed by atoms with E-state index in [0.29, 0.717) is 24.9 Å². The summed E-state index contributed by atoms with van der Waals surface area (Å²) in [5.41, 5.74) is 0.941. The van der Waals surface area contributed by atoms with Crippen LogP contribution in [0.4, 0.5) is 10.5 Å². The van der Waals surface area contributed by atoms with Crippen molar-refractivity contribution in [3.63, 3.8) is 0 Å². The second-order valence-electron chi connectivity index (χ2n) is 6.80. The van der Waals surface area contributed by atoms with Crippen molar-refractivity contribution in [2.75, 3.05) is 25.1 Å². The second kappa shape index (κ2) is 8.30. The standard InChI is InChI=1S/C20H23N3O4S/c1-2-21-20(24)27-16-11-26-17-15(10-25-18(16)17)23-19(28)22-14-9-5-7-12-6-3-4-8-13(12)14/h3-9,15-18H,2,10-11H2,1H3,(H,21,24)(H2,22,23,28)/t15-,16-,17-,18+/m0/s1. The van der Waals surface area contributed by atoms with Crippen LogP contribution >= 0.6 is 12.2 Å². The lowest BCUT2D eigenvalue weighted by molar-refractivity contribution is 0.00425. The monoisotopic (exact) mass is 401 g/mol. The fourth-order valence-corrected chi connectivity index (χ4v) is 3.93. The minimum atomic E-state index is -0.454. The molecule has 0 bridgehead atoms. The van der Waals surface area contributed by atoms with Crippen molar-refractivity contribution in [3.8, 4) is 0 Å². The number of alkyl carbamates (subject to hydrolysis) is 1. The third kappa shape index (κ3) is 3.89. The van der Waals surface area contributed by atoms with Gasteiger partial charge in [-0.25, -0.2) is 4.79 Å². The Labute approximate surface area is 168 Å². The lowest BCUT2D eigenvalue weighted by Gasteiger charge is -2.20. The molecule has 28 heavy (non-hydrogen) atoms. The molecule has 2 aromatic carbocycles. The predicted molar refractivity (Wildman–Crippen MR) is 111 cm³/mol. The molecule has 8 heteroatoms. The molecule has 0 radical (unpaired) electrons. The van der Waals surface area contributed by atoms with Crippen LogP contribution in [-0.2, 0) is 14.2 Å². The van der Waals surface area contributed by atoms with Gasteiger partial charge in [-0.15, -0.1) is 0 Å². The number of carbonyl (C=O) groups is 1. The van der Waals surface area contributed by atoms with E-state index in [1.807, 2.05) is 31.2 Å². The molecule has 2 heterocycles. The lowest BCUT2D eigenvalue weighted by atomic mass is 10.1. The molecular formula is C20H23N3O4S. The zero-order chi connectivity index (χ0) is 19.5. The number of amides is 1. The second-order valence-corrected chi connectivity index (χ2v) is 7.21. The highest BCUT2D eigenvalue weighted by Crippen LogP contribution is 2.29. The number of fused-ring (bicyclic) bond motifs is 2. The van der Waals surface area contributed by atoms with E-state index in [0.717, 1.165) is 16.5 Å². The summed E-state index contributed by atoms with van der Waals surface area (Å²) in [5, 5.41) is 11.9. The Morgan fingerprint density at radius 1 is 1.14 bits per heavy atom. The van der Waals surface area contributed by atoms with Gasteiger partial charge >= 0.3 is 6.09 Å². The number of benzene rings is 2. The van der Waals surface area contributed by atoms with Crippen LogP contribution in [0.1, 0.15) is 6.92 Å². The lowest BCUT2D eigenvalue weighted by Crippen LogP contribution is -2.46. The molecule has 0 saturated carbocycles. The average molecular weight is 401 g/mol. The van der Waals surface area contributed by atoms with Crippen LogP contribution < -0.4 is 16.0 Å². The summed E-state index contributed by atoms with van der Waals surface area (Å²) in [6.45, 7) is 3.10. The predicted octanol–water partition coefficient (Wildman–Crippen LogP) is 2.41. The number of anilines is 1. The number of rotatable bonds is 4. The first-order valence-electron chi connectivity index (χ1n) is 9.38. The van der Waals surface area contributed by atoms with Gasteiger partial charge in [-0.1, -0.05) is 36.4 Å². The number of hydrogen-bond donors (Lipinski definition) is 3. The molecule has 4 rings (SSSR count). The molecule has 2 fully saturated rings. The van der Waals surface area contributed by atoms with Crippen molar-refractivity contribution < 1.29 is 19.0 Å². The van der Waals surface area contributed by atoms with Gasteiger partial charge in [-0.05, 0) is 30.6 Å². The van der Waals surface area contributed by atoms with Gasteiger partial charge < -0.3 is 30.2 Å². The summed E-state index contributed by atoms with van der Waals surface area (Å²) < 4.78 is 17.0. The molecule has 4 atom stereocenters. The molecule has 1 amide bonds. The molecule has 2 aromatic rings. The van der Waals surface area contributed by atoms with Crippen LogP contribution in [0.2, 0.25) is 0 Å². The number of ether oxygens (including phenoxy) is 3. The first-order valence-corrected chi connectivity index (χ1v) is 9.79. The Bertz CT molecular complexity index is 872. The molecule has 7 nitrogen and oxygen atoms in total. The van der Waals surface area contributed by atoms with Gasteiger partial charge in [0.05, 0.1) is 19.3 Å². The van der Waals surface area contributed by atoms with Gasteiger partial charge in [-0.2, -0.15) is 0 Å². The Morgan fingerprint density at radius 2 is 1.93 bits per heavy atom. The molecule has 2 aliphatic heterocycles. The first kappa shape index (κ1) is 18.9. The smallest absolute Gasteiger partial charge is 0.407 e. The van der Waals surface area contributed by atoms with E-state index in [9.17, 15) is 4.79 Å². The minimum absolute atomic E-state index is 0.109. The van der Waals surface area contributed by atoms with E-state index in [4.69, 9.17) is 26.4 Å². The van der Waals surface area contributed by atoms with Gasteiger partial charge in [0.15, 0.2) is 11.2 Å². The number of nitrogens with one attached hydrogen (secondary N) is 3. The van der Waals surface area contributed by atoms with Gasteiger partial charge in [0, 0.05) is 17.6 Å². The minimum Gasteiger partial charge on any atom is -0.441 e. The van der Waals surface area contributed by atoms with E-state index in [2.05, 4.69) is 34.1 Å². The number of carbonyl (C=O) groups excluding carboxylic acids is 1. The quantitative estimate of drug-likeness (QED) is 0.679. The topological polar surface area (TPSA) is 80.9 Å². The molecule has 3 N–H and O–H groups in total. The van der Waals surface area contributed by atoms with Crippen LogP contribution in [0.15, 0.2) is 42.5 Å². The van der Waals surface area contributed by atoms with Crippen LogP contribution in [0.5, 0.6) is 0 Å². The third-order valence-electron chi connectivity index (χ3n) is 4.94. The zero-order valence-corrected chi connectivity index (χ0v) is 16.3. The highest BCUT2D eigenvalue weighted by atomic mass is 32.1. The molecule has 2 aliphatic rings. The van der Waals surface area contributed by atoms with Crippen molar-refractivity contribution in [1.29, 1.82) is 0 Å². The van der Waals surface area contributed by atoms with E-state index < -0.39 is 12.2 Å². The Hall–Kier alpha value is -2.42. The highest BCUT2D eigenvalue weighted by Gasteiger charge is 2.49. The Kier molecular flexibility index (Phi) is 5.61. The average Bonchev–Trinajstić information content (AvgIpc) is 3.26. The molecule has 148 valence electrons. The van der Waals surface area contributed by atoms with Crippen molar-refractivity contribution >= 4 is 39.9 Å². The summed E-state index contributed by atoms with van der Waals surface area (Å²) >= 11 is 5.50. The van der Waals surface area contributed by atoms with Crippen LogP contribution in [0.25, 0.3) is 10.8 Å².